The normalized spacial score (nSPS) is 11.1. The lowest BCUT2D eigenvalue weighted by Gasteiger charge is -2.01. The number of nitro groups is 1. The molecule has 0 unspecified atom stereocenters. The molecule has 8 heteroatoms. The summed E-state index contributed by atoms with van der Waals surface area (Å²) in [5.74, 6) is 0.196. The zero-order valence-electron chi connectivity index (χ0n) is 16.1. The summed E-state index contributed by atoms with van der Waals surface area (Å²) < 4.78 is 5.77. The third-order valence-corrected chi connectivity index (χ3v) is 4.73. The molecule has 154 valence electrons. The highest BCUT2D eigenvalue weighted by molar-refractivity contribution is 6.30. The van der Waals surface area contributed by atoms with E-state index in [1.807, 2.05) is 24.3 Å². The van der Waals surface area contributed by atoms with E-state index in [2.05, 4.69) is 10.3 Å². The molecule has 0 bridgehead atoms. The van der Waals surface area contributed by atoms with Gasteiger partial charge in [-0.05, 0) is 47.5 Å². The fraction of sp³-hybridized carbons (Fsp3) is 0.0435. The van der Waals surface area contributed by atoms with Gasteiger partial charge in [0, 0.05) is 35.3 Å². The highest BCUT2D eigenvalue weighted by Crippen LogP contribution is 2.22. The number of non-ortho nitro benzene ring substituents is 1. The molecule has 3 aromatic carbocycles. The highest BCUT2D eigenvalue weighted by atomic mass is 35.5. The second kappa shape index (κ2) is 8.81. The molecule has 0 aliphatic rings. The van der Waals surface area contributed by atoms with Gasteiger partial charge in [0.2, 0.25) is 5.91 Å². The first kappa shape index (κ1) is 20.3. The van der Waals surface area contributed by atoms with Crippen LogP contribution in [0.15, 0.2) is 77.2 Å². The first-order chi connectivity index (χ1) is 15.0. The minimum atomic E-state index is -0.480. The van der Waals surface area contributed by atoms with E-state index in [-0.39, 0.29) is 11.6 Å². The molecule has 1 heterocycles. The lowest BCUT2D eigenvalue weighted by molar-refractivity contribution is -0.384. The lowest BCUT2D eigenvalue weighted by atomic mass is 10.1. The summed E-state index contributed by atoms with van der Waals surface area (Å²) in [6, 6.07) is 18.7. The maximum Gasteiger partial charge on any atom is 0.270 e. The number of nitro benzene ring substituents is 1. The predicted octanol–water partition coefficient (Wildman–Crippen LogP) is 5.63. The average molecular weight is 434 g/mol. The van der Waals surface area contributed by atoms with E-state index in [1.165, 1.54) is 24.3 Å². The molecule has 0 fully saturated rings. The van der Waals surface area contributed by atoms with Crippen molar-refractivity contribution in [3.63, 3.8) is 0 Å². The molecule has 0 atom stereocenters. The van der Waals surface area contributed by atoms with Crippen LogP contribution in [0.5, 0.6) is 0 Å². The molecule has 4 aromatic rings. The summed E-state index contributed by atoms with van der Waals surface area (Å²) in [6.45, 7) is 0. The number of anilines is 1. The third kappa shape index (κ3) is 5.15. The Kier molecular flexibility index (Phi) is 5.77. The maximum atomic E-state index is 12.2. The zero-order valence-corrected chi connectivity index (χ0v) is 16.9. The first-order valence-corrected chi connectivity index (χ1v) is 9.71. The SMILES string of the molecule is O=C(/C=C/c1cccc([N+](=O)[O-])c1)Nc1ccc2oc(Cc3ccc(Cl)cc3)nc2c1. The molecule has 0 spiro atoms. The minimum absolute atomic E-state index is 0.0338. The second-order valence-electron chi connectivity index (χ2n) is 6.77. The minimum Gasteiger partial charge on any atom is -0.440 e. The monoisotopic (exact) mass is 433 g/mol. The van der Waals surface area contributed by atoms with Crippen molar-refractivity contribution in [3.8, 4) is 0 Å². The third-order valence-electron chi connectivity index (χ3n) is 4.48. The number of benzene rings is 3. The molecule has 7 nitrogen and oxygen atoms in total. The van der Waals surface area contributed by atoms with Crippen molar-refractivity contribution in [1.29, 1.82) is 0 Å². The van der Waals surface area contributed by atoms with Gasteiger partial charge in [0.15, 0.2) is 11.5 Å². The van der Waals surface area contributed by atoms with Gasteiger partial charge in [0.1, 0.15) is 5.52 Å². The number of hydrogen-bond donors (Lipinski definition) is 1. The van der Waals surface area contributed by atoms with Gasteiger partial charge in [-0.25, -0.2) is 4.98 Å². The lowest BCUT2D eigenvalue weighted by Crippen LogP contribution is -2.07. The summed E-state index contributed by atoms with van der Waals surface area (Å²) in [7, 11) is 0. The van der Waals surface area contributed by atoms with Crippen LogP contribution in [-0.2, 0) is 11.2 Å². The number of carbonyl (C=O) groups excluding carboxylic acids is 1. The summed E-state index contributed by atoms with van der Waals surface area (Å²) in [5.41, 5.74) is 3.36. The number of nitrogens with zero attached hydrogens (tertiary/aromatic N) is 2. The Morgan fingerprint density at radius 1 is 1.13 bits per heavy atom. The molecule has 0 aliphatic carbocycles. The van der Waals surface area contributed by atoms with E-state index in [4.69, 9.17) is 16.0 Å². The van der Waals surface area contributed by atoms with Crippen molar-refractivity contribution in [2.24, 2.45) is 0 Å². The van der Waals surface area contributed by atoms with Crippen molar-refractivity contribution in [2.45, 2.75) is 6.42 Å². The number of oxazole rings is 1. The van der Waals surface area contributed by atoms with E-state index < -0.39 is 4.92 Å². The molecule has 1 aromatic heterocycles. The summed E-state index contributed by atoms with van der Waals surface area (Å²) in [5, 5.41) is 14.3. The van der Waals surface area contributed by atoms with Crippen LogP contribution in [0.4, 0.5) is 11.4 Å². The largest absolute Gasteiger partial charge is 0.440 e. The van der Waals surface area contributed by atoms with E-state index in [0.29, 0.717) is 39.7 Å². The van der Waals surface area contributed by atoms with Gasteiger partial charge in [-0.15, -0.1) is 0 Å². The van der Waals surface area contributed by atoms with Crippen molar-refractivity contribution in [2.75, 3.05) is 5.32 Å². The number of aromatic nitrogens is 1. The van der Waals surface area contributed by atoms with Gasteiger partial charge >= 0.3 is 0 Å². The smallest absolute Gasteiger partial charge is 0.270 e. The molecule has 0 saturated heterocycles. The Hall–Kier alpha value is -3.97. The first-order valence-electron chi connectivity index (χ1n) is 9.34. The summed E-state index contributed by atoms with van der Waals surface area (Å²) in [4.78, 5) is 27.1. The van der Waals surface area contributed by atoms with E-state index in [1.54, 1.807) is 30.3 Å². The van der Waals surface area contributed by atoms with E-state index >= 15 is 0 Å². The molecule has 4 rings (SSSR count). The number of halogens is 1. The molecule has 31 heavy (non-hydrogen) atoms. The van der Waals surface area contributed by atoms with E-state index in [0.717, 1.165) is 5.56 Å². The Bertz CT molecular complexity index is 1300. The molecule has 1 N–H and O–H groups in total. The van der Waals surface area contributed by atoms with Crippen LogP contribution in [0.2, 0.25) is 5.02 Å². The quantitative estimate of drug-likeness (QED) is 0.241. The summed E-state index contributed by atoms with van der Waals surface area (Å²) >= 11 is 5.91. The number of hydrogen-bond acceptors (Lipinski definition) is 5. The number of amides is 1. The van der Waals surface area contributed by atoms with Crippen LogP contribution in [0, 0.1) is 10.1 Å². The molecule has 0 aliphatic heterocycles. The Labute approximate surface area is 182 Å². The van der Waals surface area contributed by atoms with Crippen molar-refractivity contribution >= 4 is 46.1 Å². The molecule has 0 saturated carbocycles. The second-order valence-corrected chi connectivity index (χ2v) is 7.20. The van der Waals surface area contributed by atoms with Gasteiger partial charge in [-0.2, -0.15) is 0 Å². The average Bonchev–Trinajstić information content (AvgIpc) is 3.15. The number of carbonyl (C=O) groups is 1. The number of rotatable bonds is 6. The van der Waals surface area contributed by atoms with Crippen LogP contribution in [0.25, 0.3) is 17.2 Å². The summed E-state index contributed by atoms with van der Waals surface area (Å²) in [6.07, 6.45) is 3.36. The molecular weight excluding hydrogens is 418 g/mol. The van der Waals surface area contributed by atoms with E-state index in [9.17, 15) is 14.9 Å². The fourth-order valence-electron chi connectivity index (χ4n) is 3.00. The Morgan fingerprint density at radius 3 is 2.71 bits per heavy atom. The standard InChI is InChI=1S/C23H16ClN3O4/c24-17-7-4-16(5-8-17)13-23-26-20-14-18(9-10-21(20)31-23)25-22(28)11-6-15-2-1-3-19(12-15)27(29)30/h1-12,14H,13H2,(H,25,28)/b11-6+. The molecule has 1 amide bonds. The van der Waals surface area contributed by atoms with Crippen LogP contribution in [-0.4, -0.2) is 15.8 Å². The Morgan fingerprint density at radius 2 is 1.94 bits per heavy atom. The van der Waals surface area contributed by atoms with Gasteiger partial charge in [0.05, 0.1) is 4.92 Å². The van der Waals surface area contributed by atoms with Crippen LogP contribution in [0.3, 0.4) is 0 Å². The van der Waals surface area contributed by atoms with Crippen molar-refractivity contribution < 1.29 is 14.1 Å². The highest BCUT2D eigenvalue weighted by Gasteiger charge is 2.09. The maximum absolute atomic E-state index is 12.2. The van der Waals surface area contributed by atoms with Gasteiger partial charge < -0.3 is 9.73 Å². The van der Waals surface area contributed by atoms with Crippen molar-refractivity contribution in [3.05, 3.63) is 105 Å². The topological polar surface area (TPSA) is 98.3 Å². The van der Waals surface area contributed by atoms with Gasteiger partial charge in [-0.1, -0.05) is 35.9 Å². The van der Waals surface area contributed by atoms with Crippen LogP contribution >= 0.6 is 11.6 Å². The van der Waals surface area contributed by atoms with Gasteiger partial charge in [0.25, 0.3) is 5.69 Å². The van der Waals surface area contributed by atoms with Gasteiger partial charge in [-0.3, -0.25) is 14.9 Å². The zero-order chi connectivity index (χ0) is 21.8. The predicted molar refractivity (Wildman–Crippen MR) is 119 cm³/mol. The molecular formula is C23H16ClN3O4. The van der Waals surface area contributed by atoms with Crippen molar-refractivity contribution in [1.82, 2.24) is 4.98 Å². The fourth-order valence-corrected chi connectivity index (χ4v) is 3.13. The Balaban J connectivity index is 1.44. The van der Waals surface area contributed by atoms with Crippen LogP contribution < -0.4 is 5.32 Å². The number of nitrogens with one attached hydrogen (secondary N) is 1. The molecule has 0 radical (unpaired) electrons. The number of fused-ring (bicyclic) bond motifs is 1. The van der Waals surface area contributed by atoms with Crippen LogP contribution in [0.1, 0.15) is 17.0 Å².